The van der Waals surface area contributed by atoms with Crippen LogP contribution in [0.25, 0.3) is 0 Å². The zero-order valence-corrected chi connectivity index (χ0v) is 17.0. The highest BCUT2D eigenvalue weighted by atomic mass is 16.3. The molecule has 2 aromatic rings. The molecule has 0 aliphatic carbocycles. The van der Waals surface area contributed by atoms with Crippen LogP contribution in [0.15, 0.2) is 72.3 Å². The van der Waals surface area contributed by atoms with E-state index in [0.717, 1.165) is 5.57 Å². The molecule has 7 nitrogen and oxygen atoms in total. The molecule has 0 unspecified atom stereocenters. The van der Waals surface area contributed by atoms with Gasteiger partial charge in [0.15, 0.2) is 6.10 Å². The minimum atomic E-state index is -1.63. The molecule has 0 saturated carbocycles. The molecule has 158 valence electrons. The lowest BCUT2D eigenvalue weighted by Gasteiger charge is -2.25. The van der Waals surface area contributed by atoms with E-state index in [4.69, 9.17) is 5.73 Å². The van der Waals surface area contributed by atoms with E-state index in [1.54, 1.807) is 66.7 Å². The van der Waals surface area contributed by atoms with Crippen LogP contribution in [0.1, 0.15) is 42.2 Å². The van der Waals surface area contributed by atoms with Crippen molar-refractivity contribution < 1.29 is 19.5 Å². The van der Waals surface area contributed by atoms with Crippen molar-refractivity contribution in [1.82, 2.24) is 10.6 Å². The average molecular weight is 409 g/mol. The smallest absolute Gasteiger partial charge is 0.252 e. The van der Waals surface area contributed by atoms with Gasteiger partial charge in [0.2, 0.25) is 5.91 Å². The van der Waals surface area contributed by atoms with E-state index < -0.39 is 35.9 Å². The summed E-state index contributed by atoms with van der Waals surface area (Å²) in [5.41, 5.74) is 7.29. The summed E-state index contributed by atoms with van der Waals surface area (Å²) in [4.78, 5) is 37.0. The fourth-order valence-corrected chi connectivity index (χ4v) is 2.83. The number of nitrogens with two attached hydrogens (primary N) is 1. The Morgan fingerprint density at radius 1 is 0.967 bits per heavy atom. The molecular formula is C23H27N3O4. The monoisotopic (exact) mass is 409 g/mol. The molecule has 3 amide bonds. The maximum atomic E-state index is 12.7. The Morgan fingerprint density at radius 2 is 1.53 bits per heavy atom. The lowest BCUT2D eigenvalue weighted by atomic mass is 9.99. The van der Waals surface area contributed by atoms with Gasteiger partial charge in [-0.3, -0.25) is 14.4 Å². The molecule has 0 heterocycles. The molecule has 7 heteroatoms. The summed E-state index contributed by atoms with van der Waals surface area (Å²) in [6, 6.07) is 15.1. The molecule has 0 bridgehead atoms. The number of hydrogen-bond donors (Lipinski definition) is 4. The first-order valence-corrected chi connectivity index (χ1v) is 9.61. The van der Waals surface area contributed by atoms with Crippen LogP contribution >= 0.6 is 0 Å². The molecule has 0 radical (unpaired) electrons. The molecule has 5 N–H and O–H groups in total. The Hall–Kier alpha value is -3.45. The largest absolute Gasteiger partial charge is 0.381 e. The van der Waals surface area contributed by atoms with Crippen molar-refractivity contribution in [2.75, 3.05) is 0 Å². The molecule has 2 aromatic carbocycles. The molecule has 3 atom stereocenters. The summed E-state index contributed by atoms with van der Waals surface area (Å²) in [5.74, 6) is -1.95. The standard InChI is InChI=1S/C23H27N3O4/c1-15(2)13-14-18(21(24)28)25-23(30)20(27)19(16-9-5-3-6-10-16)26-22(29)17-11-7-4-8-12-17/h3-13,18-20,27H,14H2,1-2H3,(H2,24,28)(H,25,30)(H,26,29)/t18-,19+,20-/m1/s1. The van der Waals surface area contributed by atoms with E-state index in [-0.39, 0.29) is 6.42 Å². The van der Waals surface area contributed by atoms with Gasteiger partial charge in [0.1, 0.15) is 6.04 Å². The Morgan fingerprint density at radius 3 is 2.07 bits per heavy atom. The SMILES string of the molecule is CC(C)=CC[C@@H](NC(=O)[C@H](O)[C@@H](NC(=O)c1ccccc1)c1ccccc1)C(N)=O. The van der Waals surface area contributed by atoms with Crippen LogP contribution in [0.2, 0.25) is 0 Å². The number of carbonyl (C=O) groups excluding carboxylic acids is 3. The number of nitrogens with one attached hydrogen (secondary N) is 2. The van der Waals surface area contributed by atoms with Crippen LogP contribution in [0.3, 0.4) is 0 Å². The molecule has 0 aromatic heterocycles. The molecule has 0 fully saturated rings. The van der Waals surface area contributed by atoms with Crippen molar-refractivity contribution in [3.63, 3.8) is 0 Å². The van der Waals surface area contributed by atoms with Gasteiger partial charge in [0, 0.05) is 5.56 Å². The molecule has 0 spiro atoms. The van der Waals surface area contributed by atoms with Gasteiger partial charge in [-0.2, -0.15) is 0 Å². The van der Waals surface area contributed by atoms with Crippen LogP contribution in [-0.2, 0) is 9.59 Å². The first kappa shape index (κ1) is 22.8. The van der Waals surface area contributed by atoms with Gasteiger partial charge in [-0.1, -0.05) is 60.2 Å². The van der Waals surface area contributed by atoms with Crippen molar-refractivity contribution in [2.45, 2.75) is 38.5 Å². The van der Waals surface area contributed by atoms with Gasteiger partial charge >= 0.3 is 0 Å². The van der Waals surface area contributed by atoms with Crippen LogP contribution in [0, 0.1) is 0 Å². The number of aliphatic hydroxyl groups excluding tert-OH is 1. The maximum Gasteiger partial charge on any atom is 0.252 e. The van der Waals surface area contributed by atoms with Gasteiger partial charge in [0.25, 0.3) is 11.8 Å². The van der Waals surface area contributed by atoms with E-state index in [1.807, 2.05) is 13.8 Å². The second-order valence-corrected chi connectivity index (χ2v) is 7.15. The van der Waals surface area contributed by atoms with Gasteiger partial charge in [-0.25, -0.2) is 0 Å². The first-order chi connectivity index (χ1) is 14.3. The minimum absolute atomic E-state index is 0.211. The Bertz CT molecular complexity index is 893. The number of hydrogen-bond acceptors (Lipinski definition) is 4. The predicted molar refractivity (Wildman–Crippen MR) is 114 cm³/mol. The summed E-state index contributed by atoms with van der Waals surface area (Å²) in [6.45, 7) is 3.72. The fourth-order valence-electron chi connectivity index (χ4n) is 2.83. The average Bonchev–Trinajstić information content (AvgIpc) is 2.75. The van der Waals surface area contributed by atoms with Gasteiger partial charge in [0.05, 0.1) is 6.04 Å². The normalized spacial score (nSPS) is 13.4. The highest BCUT2D eigenvalue weighted by Gasteiger charge is 2.31. The molecule has 2 rings (SSSR count). The molecule has 0 saturated heterocycles. The second-order valence-electron chi connectivity index (χ2n) is 7.15. The van der Waals surface area contributed by atoms with E-state index in [2.05, 4.69) is 10.6 Å². The first-order valence-electron chi connectivity index (χ1n) is 9.61. The number of amides is 3. The zero-order valence-electron chi connectivity index (χ0n) is 17.0. The van der Waals surface area contributed by atoms with Crippen molar-refractivity contribution in [3.05, 3.63) is 83.4 Å². The highest BCUT2D eigenvalue weighted by molar-refractivity contribution is 5.95. The van der Waals surface area contributed by atoms with Crippen molar-refractivity contribution in [1.29, 1.82) is 0 Å². The summed E-state index contributed by atoms with van der Waals surface area (Å²) < 4.78 is 0. The van der Waals surface area contributed by atoms with Crippen molar-refractivity contribution in [2.24, 2.45) is 5.73 Å². The predicted octanol–water partition coefficient (Wildman–Crippen LogP) is 1.84. The Kier molecular flexibility index (Phi) is 8.31. The molecule has 0 aliphatic heterocycles. The third kappa shape index (κ3) is 6.56. The van der Waals surface area contributed by atoms with E-state index in [1.165, 1.54) is 0 Å². The number of carbonyl (C=O) groups is 3. The molecular weight excluding hydrogens is 382 g/mol. The van der Waals surface area contributed by atoms with E-state index in [0.29, 0.717) is 11.1 Å². The van der Waals surface area contributed by atoms with Gasteiger partial charge < -0.3 is 21.5 Å². The summed E-state index contributed by atoms with van der Waals surface area (Å²) in [5, 5.41) is 15.9. The lowest BCUT2D eigenvalue weighted by molar-refractivity contribution is -0.134. The topological polar surface area (TPSA) is 122 Å². The Labute approximate surface area is 176 Å². The highest BCUT2D eigenvalue weighted by Crippen LogP contribution is 2.18. The molecule has 0 aliphatic rings. The lowest BCUT2D eigenvalue weighted by Crippen LogP contribution is -2.51. The molecule has 30 heavy (non-hydrogen) atoms. The number of benzene rings is 2. The van der Waals surface area contributed by atoms with Gasteiger partial charge in [-0.05, 0) is 38.0 Å². The number of rotatable bonds is 9. The quantitative estimate of drug-likeness (QED) is 0.472. The van der Waals surface area contributed by atoms with Crippen molar-refractivity contribution in [3.8, 4) is 0 Å². The maximum absolute atomic E-state index is 12.7. The van der Waals surface area contributed by atoms with Crippen LogP contribution < -0.4 is 16.4 Å². The third-order valence-corrected chi connectivity index (χ3v) is 4.49. The summed E-state index contributed by atoms with van der Waals surface area (Å²) >= 11 is 0. The second kappa shape index (κ2) is 10.9. The number of aliphatic hydroxyl groups is 1. The van der Waals surface area contributed by atoms with E-state index >= 15 is 0 Å². The summed E-state index contributed by atoms with van der Waals surface area (Å²) in [7, 11) is 0. The fraction of sp³-hybridized carbons (Fsp3) is 0.261. The number of allylic oxidation sites excluding steroid dienone is 1. The van der Waals surface area contributed by atoms with E-state index in [9.17, 15) is 19.5 Å². The van der Waals surface area contributed by atoms with Crippen molar-refractivity contribution >= 4 is 17.7 Å². The summed E-state index contributed by atoms with van der Waals surface area (Å²) in [6.07, 6.45) is 0.352. The Balaban J connectivity index is 2.22. The minimum Gasteiger partial charge on any atom is -0.381 e. The number of primary amides is 1. The van der Waals surface area contributed by atoms with Crippen LogP contribution in [-0.4, -0.2) is 35.0 Å². The van der Waals surface area contributed by atoms with Crippen LogP contribution in [0.4, 0.5) is 0 Å². The zero-order chi connectivity index (χ0) is 22.1. The van der Waals surface area contributed by atoms with Crippen LogP contribution in [0.5, 0.6) is 0 Å². The van der Waals surface area contributed by atoms with Gasteiger partial charge in [-0.15, -0.1) is 0 Å². The third-order valence-electron chi connectivity index (χ3n) is 4.49.